The molecule has 0 rings (SSSR count). The Hall–Kier alpha value is -0.540. The highest BCUT2D eigenvalue weighted by molar-refractivity contribution is 6.25. The highest BCUT2D eigenvalue weighted by atomic mass is 35.5. The minimum atomic E-state index is -0.240. The smallest absolute Gasteiger partial charge is 0.319 e. The van der Waals surface area contributed by atoms with Crippen LogP contribution < -0.4 is 5.32 Å². The van der Waals surface area contributed by atoms with Gasteiger partial charge in [-0.3, -0.25) is 4.79 Å². The summed E-state index contributed by atoms with van der Waals surface area (Å²) in [7, 11) is 0. The summed E-state index contributed by atoms with van der Waals surface area (Å²) < 4.78 is 4.66. The van der Waals surface area contributed by atoms with Gasteiger partial charge in [0.2, 0.25) is 0 Å². The molecule has 0 aliphatic heterocycles. The fraction of sp³-hybridized carbons (Fsp3) is 0.571. The second-order valence-electron chi connectivity index (χ2n) is 1.80. The Kier molecular flexibility index (Phi) is 7.19. The van der Waals surface area contributed by atoms with E-state index in [2.05, 4.69) is 10.1 Å². The summed E-state index contributed by atoms with van der Waals surface area (Å²) in [6.45, 7) is 3.01. The lowest BCUT2D eigenvalue weighted by molar-refractivity contribution is -0.141. The van der Waals surface area contributed by atoms with Crippen LogP contribution in [0.25, 0.3) is 0 Å². The number of esters is 1. The van der Waals surface area contributed by atoms with E-state index in [1.165, 1.54) is 5.54 Å². The highest BCUT2D eigenvalue weighted by Crippen LogP contribution is 1.77. The second-order valence-corrected chi connectivity index (χ2v) is 2.05. The number of carbonyl (C=O) groups excluding carboxylic acids is 1. The number of halogens is 1. The van der Waals surface area contributed by atoms with Crippen LogP contribution in [-0.4, -0.2) is 25.7 Å². The van der Waals surface area contributed by atoms with Gasteiger partial charge in [0.15, 0.2) is 0 Å². The first kappa shape index (κ1) is 10.5. The minimum absolute atomic E-state index is 0.231. The minimum Gasteiger partial charge on any atom is -0.465 e. The van der Waals surface area contributed by atoms with Crippen LogP contribution >= 0.6 is 11.6 Å². The summed E-state index contributed by atoms with van der Waals surface area (Å²) in [5.74, 6) is -0.240. The average Bonchev–Trinajstić information content (AvgIpc) is 1.99. The molecular formula is C7H12ClNO2. The third-order valence-corrected chi connectivity index (χ3v) is 1.10. The van der Waals surface area contributed by atoms with Gasteiger partial charge in [-0.05, 0) is 6.92 Å². The lowest BCUT2D eigenvalue weighted by atomic mass is 10.5. The van der Waals surface area contributed by atoms with Crippen LogP contribution in [0, 0.1) is 0 Å². The molecule has 3 nitrogen and oxygen atoms in total. The Balaban J connectivity index is 3.17. The van der Waals surface area contributed by atoms with Crippen molar-refractivity contribution in [2.24, 2.45) is 0 Å². The fourth-order valence-corrected chi connectivity index (χ4v) is 0.603. The van der Waals surface area contributed by atoms with Crippen LogP contribution in [0.1, 0.15) is 6.92 Å². The Bertz CT molecular complexity index is 136. The Morgan fingerprint density at radius 3 is 3.00 bits per heavy atom. The van der Waals surface area contributed by atoms with Gasteiger partial charge in [0, 0.05) is 12.1 Å². The average molecular weight is 178 g/mol. The van der Waals surface area contributed by atoms with E-state index in [0.29, 0.717) is 13.2 Å². The number of carbonyl (C=O) groups is 1. The number of nitrogens with one attached hydrogen (secondary N) is 1. The standard InChI is InChI=1S/C7H12ClNO2/c1-2-11-7(10)6-9-5-3-4-8/h3-4,9H,2,5-6H2,1H3/b4-3+. The lowest BCUT2D eigenvalue weighted by Gasteiger charge is -2.00. The molecule has 0 heterocycles. The van der Waals surface area contributed by atoms with E-state index in [-0.39, 0.29) is 12.5 Å². The van der Waals surface area contributed by atoms with Crippen molar-refractivity contribution in [2.75, 3.05) is 19.7 Å². The molecule has 0 amide bonds. The van der Waals surface area contributed by atoms with Crippen LogP contribution in [0.2, 0.25) is 0 Å². The molecule has 1 N–H and O–H groups in total. The largest absolute Gasteiger partial charge is 0.465 e. The van der Waals surface area contributed by atoms with E-state index >= 15 is 0 Å². The van der Waals surface area contributed by atoms with Gasteiger partial charge in [-0.15, -0.1) is 0 Å². The van der Waals surface area contributed by atoms with Crippen molar-refractivity contribution < 1.29 is 9.53 Å². The molecule has 0 atom stereocenters. The summed E-state index contributed by atoms with van der Waals surface area (Å²) >= 11 is 5.24. The first-order valence-corrected chi connectivity index (χ1v) is 3.86. The van der Waals surface area contributed by atoms with Gasteiger partial charge in [0.25, 0.3) is 0 Å². The zero-order valence-corrected chi connectivity index (χ0v) is 7.23. The molecule has 0 bridgehead atoms. The molecule has 0 aliphatic carbocycles. The van der Waals surface area contributed by atoms with E-state index in [9.17, 15) is 4.79 Å². The van der Waals surface area contributed by atoms with E-state index in [1.807, 2.05) is 0 Å². The zero-order valence-electron chi connectivity index (χ0n) is 6.47. The van der Waals surface area contributed by atoms with Gasteiger partial charge in [0.05, 0.1) is 13.2 Å². The van der Waals surface area contributed by atoms with Gasteiger partial charge in [-0.2, -0.15) is 0 Å². The zero-order chi connectivity index (χ0) is 8.53. The van der Waals surface area contributed by atoms with Crippen molar-refractivity contribution in [3.63, 3.8) is 0 Å². The van der Waals surface area contributed by atoms with E-state index < -0.39 is 0 Å². The molecule has 11 heavy (non-hydrogen) atoms. The van der Waals surface area contributed by atoms with E-state index in [1.54, 1.807) is 13.0 Å². The van der Waals surface area contributed by atoms with Crippen molar-refractivity contribution >= 4 is 17.6 Å². The van der Waals surface area contributed by atoms with Crippen molar-refractivity contribution in [1.82, 2.24) is 5.32 Å². The van der Waals surface area contributed by atoms with Crippen LogP contribution in [0.15, 0.2) is 11.6 Å². The van der Waals surface area contributed by atoms with Gasteiger partial charge in [-0.25, -0.2) is 0 Å². The van der Waals surface area contributed by atoms with Crippen molar-refractivity contribution in [1.29, 1.82) is 0 Å². The third-order valence-electron chi connectivity index (χ3n) is 0.926. The monoisotopic (exact) mass is 177 g/mol. The van der Waals surface area contributed by atoms with Gasteiger partial charge >= 0.3 is 5.97 Å². The maximum absolute atomic E-state index is 10.7. The lowest BCUT2D eigenvalue weighted by Crippen LogP contribution is -2.24. The number of ether oxygens (including phenoxy) is 1. The van der Waals surface area contributed by atoms with Crippen LogP contribution in [0.3, 0.4) is 0 Å². The molecule has 64 valence electrons. The quantitative estimate of drug-likeness (QED) is 0.501. The normalized spacial score (nSPS) is 10.4. The van der Waals surface area contributed by atoms with Crippen molar-refractivity contribution in [2.45, 2.75) is 6.92 Å². The molecule has 0 fully saturated rings. The summed E-state index contributed by atoms with van der Waals surface area (Å²) in [6.07, 6.45) is 1.71. The maximum Gasteiger partial charge on any atom is 0.319 e. The SMILES string of the molecule is CCOC(=O)CNC/C=C/Cl. The molecule has 0 aromatic rings. The van der Waals surface area contributed by atoms with Crippen molar-refractivity contribution in [3.05, 3.63) is 11.6 Å². The molecule has 0 aliphatic rings. The molecule has 0 radical (unpaired) electrons. The molecule has 4 heteroatoms. The number of hydrogen-bond acceptors (Lipinski definition) is 3. The Morgan fingerprint density at radius 2 is 2.45 bits per heavy atom. The predicted octanol–water partition coefficient (Wildman–Crippen LogP) is 0.892. The molecule has 0 saturated carbocycles. The predicted molar refractivity (Wildman–Crippen MR) is 44.5 cm³/mol. The summed E-state index contributed by atoms with van der Waals surface area (Å²) in [4.78, 5) is 10.7. The number of rotatable bonds is 5. The Morgan fingerprint density at radius 1 is 1.73 bits per heavy atom. The van der Waals surface area contributed by atoms with Crippen LogP contribution in [0.5, 0.6) is 0 Å². The summed E-state index contributed by atoms with van der Waals surface area (Å²) in [5.41, 5.74) is 1.40. The van der Waals surface area contributed by atoms with Crippen LogP contribution in [-0.2, 0) is 9.53 Å². The molecule has 0 saturated heterocycles. The van der Waals surface area contributed by atoms with Gasteiger partial charge < -0.3 is 10.1 Å². The molecule has 0 aromatic heterocycles. The third kappa shape index (κ3) is 7.36. The van der Waals surface area contributed by atoms with Crippen molar-refractivity contribution in [3.8, 4) is 0 Å². The molecule has 0 unspecified atom stereocenters. The van der Waals surface area contributed by atoms with Gasteiger partial charge in [-0.1, -0.05) is 17.7 Å². The Labute approximate surface area is 71.4 Å². The highest BCUT2D eigenvalue weighted by Gasteiger charge is 1.97. The van der Waals surface area contributed by atoms with Crippen LogP contribution in [0.4, 0.5) is 0 Å². The first-order valence-electron chi connectivity index (χ1n) is 3.42. The summed E-state index contributed by atoms with van der Waals surface area (Å²) in [6, 6.07) is 0. The molecular weight excluding hydrogens is 166 g/mol. The molecule has 0 aromatic carbocycles. The molecule has 0 spiro atoms. The fourth-order valence-electron chi connectivity index (χ4n) is 0.514. The number of hydrogen-bond donors (Lipinski definition) is 1. The maximum atomic E-state index is 10.7. The summed E-state index contributed by atoms with van der Waals surface area (Å²) in [5, 5.41) is 2.83. The topological polar surface area (TPSA) is 38.3 Å². The second kappa shape index (κ2) is 7.57. The van der Waals surface area contributed by atoms with E-state index in [4.69, 9.17) is 11.6 Å². The van der Waals surface area contributed by atoms with Gasteiger partial charge in [0.1, 0.15) is 0 Å². The van der Waals surface area contributed by atoms with E-state index in [0.717, 1.165) is 0 Å². The first-order chi connectivity index (χ1) is 5.31.